The van der Waals surface area contributed by atoms with Crippen LogP contribution in [0.3, 0.4) is 0 Å². The van der Waals surface area contributed by atoms with Gasteiger partial charge in [-0.05, 0) is 18.2 Å². The minimum absolute atomic E-state index is 0.146. The highest BCUT2D eigenvalue weighted by Gasteiger charge is 2.18. The van der Waals surface area contributed by atoms with Crippen LogP contribution < -0.4 is 0 Å². The molecule has 0 unspecified atom stereocenters. The van der Waals surface area contributed by atoms with Gasteiger partial charge in [0.05, 0.1) is 20.8 Å². The maximum absolute atomic E-state index is 12.2. The summed E-state index contributed by atoms with van der Waals surface area (Å²) < 4.78 is 1.64. The number of amides is 1. The van der Waals surface area contributed by atoms with Crippen molar-refractivity contribution in [3.8, 4) is 0 Å². The number of rotatable bonds is 3. The lowest BCUT2D eigenvalue weighted by Gasteiger charge is -2.15. The van der Waals surface area contributed by atoms with Gasteiger partial charge in [-0.1, -0.05) is 34.8 Å². The molecule has 0 saturated heterocycles. The first-order valence-electron chi connectivity index (χ1n) is 4.92. The first kappa shape index (κ1) is 14.2. The third-order valence-electron chi connectivity index (χ3n) is 2.26. The smallest absolute Gasteiger partial charge is 0.256 e. The minimum atomic E-state index is -0.146. The van der Waals surface area contributed by atoms with E-state index in [9.17, 15) is 4.79 Å². The van der Waals surface area contributed by atoms with Crippen molar-refractivity contribution in [3.63, 3.8) is 0 Å². The molecule has 0 N–H and O–H groups in total. The fraction of sp³-hybridized carbons (Fsp3) is 0.182. The summed E-state index contributed by atoms with van der Waals surface area (Å²) in [6.07, 6.45) is 0. The van der Waals surface area contributed by atoms with Crippen molar-refractivity contribution in [2.45, 2.75) is 6.54 Å². The van der Waals surface area contributed by atoms with Gasteiger partial charge >= 0.3 is 0 Å². The lowest BCUT2D eigenvalue weighted by atomic mass is 10.3. The number of thiophene rings is 2. The average Bonchev–Trinajstić information content (AvgIpc) is 2.84. The molecule has 2 rings (SSSR count). The summed E-state index contributed by atoms with van der Waals surface area (Å²) in [5, 5.41) is 0. The van der Waals surface area contributed by atoms with Crippen LogP contribution >= 0.6 is 57.5 Å². The molecule has 0 spiro atoms. The lowest BCUT2D eigenvalue weighted by Crippen LogP contribution is -2.25. The van der Waals surface area contributed by atoms with E-state index in [1.54, 1.807) is 18.0 Å². The van der Waals surface area contributed by atoms with Gasteiger partial charge in [-0.25, -0.2) is 0 Å². The van der Waals surface area contributed by atoms with E-state index in [1.807, 2.05) is 12.1 Å². The summed E-state index contributed by atoms with van der Waals surface area (Å²) in [5.74, 6) is -0.146. The summed E-state index contributed by atoms with van der Waals surface area (Å²) in [5.41, 5.74) is 0.441. The summed E-state index contributed by atoms with van der Waals surface area (Å²) in [4.78, 5) is 14.8. The Balaban J connectivity index is 2.11. The van der Waals surface area contributed by atoms with Gasteiger partial charge in [0.25, 0.3) is 5.91 Å². The Bertz CT molecular complexity index is 579. The van der Waals surface area contributed by atoms with E-state index in [0.717, 1.165) is 4.88 Å². The molecule has 0 aliphatic heterocycles. The fourth-order valence-corrected chi connectivity index (χ4v) is 4.02. The van der Waals surface area contributed by atoms with E-state index < -0.39 is 0 Å². The van der Waals surface area contributed by atoms with Crippen molar-refractivity contribution >= 4 is 63.4 Å². The highest BCUT2D eigenvalue weighted by Crippen LogP contribution is 2.32. The van der Waals surface area contributed by atoms with Crippen LogP contribution in [0.2, 0.25) is 13.0 Å². The van der Waals surface area contributed by atoms with E-state index in [1.165, 1.54) is 22.7 Å². The van der Waals surface area contributed by atoms with Crippen molar-refractivity contribution < 1.29 is 4.79 Å². The molecule has 18 heavy (non-hydrogen) atoms. The molecule has 2 aromatic heterocycles. The number of halogens is 3. The van der Waals surface area contributed by atoms with Gasteiger partial charge in [-0.15, -0.1) is 22.7 Å². The third-order valence-corrected chi connectivity index (χ3v) is 4.96. The molecule has 0 aromatic carbocycles. The van der Waals surface area contributed by atoms with Gasteiger partial charge in [-0.3, -0.25) is 4.79 Å². The Morgan fingerprint density at radius 2 is 1.94 bits per heavy atom. The predicted molar refractivity (Wildman–Crippen MR) is 79.5 cm³/mol. The normalized spacial score (nSPS) is 10.7. The molecule has 0 aliphatic carbocycles. The standard InChI is InChI=1S/C11H8Cl3NOS2/c1-15(5-6-2-3-8(12)17-6)11(16)7-4-9(13)18-10(7)14/h2-4H,5H2,1H3. The van der Waals surface area contributed by atoms with E-state index in [2.05, 4.69) is 0 Å². The Morgan fingerprint density at radius 3 is 2.44 bits per heavy atom. The fourth-order valence-electron chi connectivity index (χ4n) is 1.43. The van der Waals surface area contributed by atoms with E-state index in [4.69, 9.17) is 34.8 Å². The zero-order valence-electron chi connectivity index (χ0n) is 9.25. The Labute approximate surface area is 128 Å². The maximum atomic E-state index is 12.2. The van der Waals surface area contributed by atoms with Crippen molar-refractivity contribution in [2.24, 2.45) is 0 Å². The SMILES string of the molecule is CN(Cc1ccc(Cl)s1)C(=O)c1cc(Cl)sc1Cl. The minimum Gasteiger partial charge on any atom is -0.336 e. The molecule has 0 bridgehead atoms. The maximum Gasteiger partial charge on any atom is 0.256 e. The second kappa shape index (κ2) is 5.80. The first-order valence-corrected chi connectivity index (χ1v) is 7.68. The van der Waals surface area contributed by atoms with Crippen LogP contribution in [0.15, 0.2) is 18.2 Å². The average molecular weight is 341 g/mol. The van der Waals surface area contributed by atoms with Crippen molar-refractivity contribution in [2.75, 3.05) is 7.05 Å². The van der Waals surface area contributed by atoms with Gasteiger partial charge in [0, 0.05) is 11.9 Å². The van der Waals surface area contributed by atoms with Gasteiger partial charge in [0.15, 0.2) is 0 Å². The van der Waals surface area contributed by atoms with E-state index in [-0.39, 0.29) is 5.91 Å². The Hall–Kier alpha value is -0.260. The molecule has 2 aromatic rings. The first-order chi connectivity index (χ1) is 8.47. The summed E-state index contributed by atoms with van der Waals surface area (Å²) in [7, 11) is 1.72. The highest BCUT2D eigenvalue weighted by molar-refractivity contribution is 7.20. The Morgan fingerprint density at radius 1 is 1.22 bits per heavy atom. The molecule has 0 atom stereocenters. The van der Waals surface area contributed by atoms with Crippen LogP contribution in [0.4, 0.5) is 0 Å². The molecule has 2 nitrogen and oxygen atoms in total. The van der Waals surface area contributed by atoms with Gasteiger partial charge in [-0.2, -0.15) is 0 Å². The van der Waals surface area contributed by atoms with Crippen LogP contribution in [0.5, 0.6) is 0 Å². The molecule has 0 saturated carbocycles. The molecule has 2 heterocycles. The van der Waals surface area contributed by atoms with Crippen molar-refractivity contribution in [1.82, 2.24) is 4.90 Å². The molecule has 0 aliphatic rings. The van der Waals surface area contributed by atoms with E-state index >= 15 is 0 Å². The van der Waals surface area contributed by atoms with Crippen LogP contribution in [-0.2, 0) is 6.54 Å². The molecule has 7 heteroatoms. The topological polar surface area (TPSA) is 20.3 Å². The number of hydrogen-bond acceptors (Lipinski definition) is 3. The van der Waals surface area contributed by atoms with Crippen LogP contribution in [-0.4, -0.2) is 17.9 Å². The predicted octanol–water partition coefficient (Wildman–Crippen LogP) is 5.04. The van der Waals surface area contributed by atoms with Gasteiger partial charge in [0.1, 0.15) is 4.34 Å². The second-order valence-corrected chi connectivity index (χ2v) is 7.69. The number of carbonyl (C=O) groups excluding carboxylic acids is 1. The molecule has 0 fully saturated rings. The summed E-state index contributed by atoms with van der Waals surface area (Å²) in [6, 6.07) is 5.31. The molecular formula is C11H8Cl3NOS2. The molecule has 1 amide bonds. The van der Waals surface area contributed by atoms with Crippen LogP contribution in [0.25, 0.3) is 0 Å². The van der Waals surface area contributed by atoms with Gasteiger partial charge < -0.3 is 4.90 Å². The number of nitrogens with zero attached hydrogens (tertiary/aromatic N) is 1. The lowest BCUT2D eigenvalue weighted by molar-refractivity contribution is 0.0787. The number of hydrogen-bond donors (Lipinski definition) is 0. The summed E-state index contributed by atoms with van der Waals surface area (Å²) in [6.45, 7) is 0.500. The van der Waals surface area contributed by atoms with Crippen molar-refractivity contribution in [3.05, 3.63) is 41.6 Å². The van der Waals surface area contributed by atoms with Gasteiger partial charge in [0.2, 0.25) is 0 Å². The quantitative estimate of drug-likeness (QED) is 0.766. The van der Waals surface area contributed by atoms with E-state index in [0.29, 0.717) is 25.1 Å². The molecular weight excluding hydrogens is 333 g/mol. The zero-order valence-corrected chi connectivity index (χ0v) is 13.1. The molecule has 96 valence electrons. The van der Waals surface area contributed by atoms with Crippen LogP contribution in [0.1, 0.15) is 15.2 Å². The second-order valence-electron chi connectivity index (χ2n) is 3.60. The third kappa shape index (κ3) is 3.19. The molecule has 0 radical (unpaired) electrons. The van der Waals surface area contributed by atoms with Crippen LogP contribution in [0, 0.1) is 0 Å². The largest absolute Gasteiger partial charge is 0.336 e. The zero-order chi connectivity index (χ0) is 13.3. The Kier molecular flexibility index (Phi) is 4.56. The highest BCUT2D eigenvalue weighted by atomic mass is 35.5. The van der Waals surface area contributed by atoms with Crippen molar-refractivity contribution in [1.29, 1.82) is 0 Å². The summed E-state index contributed by atoms with van der Waals surface area (Å²) >= 11 is 20.3. The number of carbonyl (C=O) groups is 1. The monoisotopic (exact) mass is 339 g/mol.